The van der Waals surface area contributed by atoms with E-state index in [0.717, 1.165) is 0 Å². The fourth-order valence-electron chi connectivity index (χ4n) is 3.37. The molecule has 3 rings (SSSR count). The van der Waals surface area contributed by atoms with Crippen molar-refractivity contribution in [1.29, 1.82) is 0 Å². The molecule has 1 N–H and O–H groups in total. The van der Waals surface area contributed by atoms with E-state index in [-0.39, 0.29) is 18.4 Å². The molecule has 1 heterocycles. The summed E-state index contributed by atoms with van der Waals surface area (Å²) < 4.78 is 54.0. The van der Waals surface area contributed by atoms with Gasteiger partial charge in [-0.25, -0.2) is 4.39 Å². The van der Waals surface area contributed by atoms with E-state index in [9.17, 15) is 22.4 Å². The number of nitrogens with one attached hydrogen (secondary N) is 1. The number of halogens is 4. The summed E-state index contributed by atoms with van der Waals surface area (Å²) in [7, 11) is 0. The highest BCUT2D eigenvalue weighted by Crippen LogP contribution is 2.43. The quantitative estimate of drug-likeness (QED) is 0.793. The molecule has 0 bridgehead atoms. The lowest BCUT2D eigenvalue weighted by atomic mass is 9.96. The number of pyridine rings is 1. The van der Waals surface area contributed by atoms with E-state index < -0.39 is 23.4 Å². The maximum Gasteiger partial charge on any atom is 0.411 e. The molecule has 138 valence electrons. The second-order valence-corrected chi connectivity index (χ2v) is 6.72. The fraction of sp³-hybridized carbons (Fsp3) is 0.368. The standard InChI is InChI=1S/C19H18F4N2O/c1-12-6-13(9-16(20)7-12)14-8-15(11-24-10-14)17(26)25-18(19(21,22)23)4-2-3-5-18/h6-11H,2-5H2,1H3,(H,25,26). The molecule has 1 saturated carbocycles. The molecule has 1 aliphatic carbocycles. The zero-order chi connectivity index (χ0) is 18.9. The predicted molar refractivity (Wildman–Crippen MR) is 89.1 cm³/mol. The van der Waals surface area contributed by atoms with Gasteiger partial charge in [0.1, 0.15) is 11.4 Å². The molecule has 26 heavy (non-hydrogen) atoms. The Hall–Kier alpha value is -2.44. The van der Waals surface area contributed by atoms with Gasteiger partial charge in [0.15, 0.2) is 0 Å². The van der Waals surface area contributed by atoms with E-state index in [1.165, 1.54) is 30.6 Å². The van der Waals surface area contributed by atoms with Crippen LogP contribution in [0.4, 0.5) is 17.6 Å². The molecular formula is C19H18F4N2O. The largest absolute Gasteiger partial charge is 0.411 e. The Morgan fingerprint density at radius 2 is 1.77 bits per heavy atom. The Labute approximate surface area is 148 Å². The highest BCUT2D eigenvalue weighted by molar-refractivity contribution is 5.95. The van der Waals surface area contributed by atoms with Crippen molar-refractivity contribution in [3.05, 3.63) is 53.6 Å². The molecule has 1 fully saturated rings. The minimum atomic E-state index is -4.51. The summed E-state index contributed by atoms with van der Waals surface area (Å²) in [5.74, 6) is -1.26. The summed E-state index contributed by atoms with van der Waals surface area (Å²) in [5.41, 5.74) is -0.504. The lowest BCUT2D eigenvalue weighted by Crippen LogP contribution is -2.56. The third-order valence-corrected chi connectivity index (χ3v) is 4.73. The van der Waals surface area contributed by atoms with E-state index >= 15 is 0 Å². The molecule has 7 heteroatoms. The highest BCUT2D eigenvalue weighted by atomic mass is 19.4. The number of carbonyl (C=O) groups excluding carboxylic acids is 1. The Morgan fingerprint density at radius 1 is 1.08 bits per heavy atom. The zero-order valence-electron chi connectivity index (χ0n) is 14.2. The molecule has 0 unspecified atom stereocenters. The molecule has 3 nitrogen and oxygen atoms in total. The summed E-state index contributed by atoms with van der Waals surface area (Å²) in [6, 6.07) is 5.80. The van der Waals surface area contributed by atoms with Crippen molar-refractivity contribution in [2.24, 2.45) is 0 Å². The van der Waals surface area contributed by atoms with Gasteiger partial charge in [-0.15, -0.1) is 0 Å². The van der Waals surface area contributed by atoms with Crippen molar-refractivity contribution in [2.75, 3.05) is 0 Å². The molecule has 1 amide bonds. The molecule has 0 aliphatic heterocycles. The van der Waals surface area contributed by atoms with Crippen molar-refractivity contribution in [1.82, 2.24) is 10.3 Å². The van der Waals surface area contributed by atoms with Crippen LogP contribution in [0.5, 0.6) is 0 Å². The highest BCUT2D eigenvalue weighted by Gasteiger charge is 2.56. The van der Waals surface area contributed by atoms with Gasteiger partial charge in [0.2, 0.25) is 0 Å². The molecule has 0 spiro atoms. The van der Waals surface area contributed by atoms with Gasteiger partial charge in [-0.1, -0.05) is 18.9 Å². The van der Waals surface area contributed by atoms with Gasteiger partial charge in [0.25, 0.3) is 5.91 Å². The first kappa shape index (κ1) is 18.4. The van der Waals surface area contributed by atoms with E-state index in [4.69, 9.17) is 0 Å². The average molecular weight is 366 g/mol. The lowest BCUT2D eigenvalue weighted by molar-refractivity contribution is -0.191. The summed E-state index contributed by atoms with van der Waals surface area (Å²) in [5, 5.41) is 2.17. The second-order valence-electron chi connectivity index (χ2n) is 6.72. The van der Waals surface area contributed by atoms with Crippen LogP contribution in [-0.4, -0.2) is 22.6 Å². The smallest absolute Gasteiger partial charge is 0.338 e. The maximum atomic E-state index is 13.6. The van der Waals surface area contributed by atoms with E-state index in [0.29, 0.717) is 29.5 Å². The number of amides is 1. The van der Waals surface area contributed by atoms with Crippen molar-refractivity contribution >= 4 is 5.91 Å². The summed E-state index contributed by atoms with van der Waals surface area (Å²) in [6.07, 6.45) is -1.27. The van der Waals surface area contributed by atoms with Crippen LogP contribution in [0.1, 0.15) is 41.6 Å². The third-order valence-electron chi connectivity index (χ3n) is 4.73. The van der Waals surface area contributed by atoms with E-state index in [2.05, 4.69) is 10.3 Å². The number of nitrogens with zero attached hydrogens (tertiary/aromatic N) is 1. The van der Waals surface area contributed by atoms with Gasteiger partial charge in [0.05, 0.1) is 5.56 Å². The number of hydrogen-bond acceptors (Lipinski definition) is 2. The predicted octanol–water partition coefficient (Wildman–Crippen LogP) is 4.80. The normalized spacial score (nSPS) is 16.5. The fourth-order valence-corrected chi connectivity index (χ4v) is 3.37. The van der Waals surface area contributed by atoms with Crippen molar-refractivity contribution in [3.63, 3.8) is 0 Å². The minimum Gasteiger partial charge on any atom is -0.338 e. The Kier molecular flexibility index (Phi) is 4.73. The van der Waals surface area contributed by atoms with Crippen molar-refractivity contribution in [3.8, 4) is 11.1 Å². The van der Waals surface area contributed by atoms with Gasteiger partial charge in [-0.3, -0.25) is 9.78 Å². The number of aromatic nitrogens is 1. The van der Waals surface area contributed by atoms with Crippen LogP contribution < -0.4 is 5.32 Å². The Bertz CT molecular complexity index is 806. The van der Waals surface area contributed by atoms with Crippen LogP contribution in [0.3, 0.4) is 0 Å². The first-order valence-electron chi connectivity index (χ1n) is 8.32. The van der Waals surface area contributed by atoms with Crippen LogP contribution in [-0.2, 0) is 0 Å². The second kappa shape index (κ2) is 6.70. The number of alkyl halides is 3. The lowest BCUT2D eigenvalue weighted by Gasteiger charge is -2.32. The Balaban J connectivity index is 1.89. The number of carbonyl (C=O) groups is 1. The minimum absolute atomic E-state index is 0.0138. The van der Waals surface area contributed by atoms with E-state index in [1.54, 1.807) is 13.0 Å². The van der Waals surface area contributed by atoms with Gasteiger partial charge in [0, 0.05) is 18.0 Å². The van der Waals surface area contributed by atoms with Crippen molar-refractivity contribution < 1.29 is 22.4 Å². The molecule has 1 aromatic carbocycles. The molecule has 0 saturated heterocycles. The molecule has 0 atom stereocenters. The molecule has 1 aliphatic rings. The van der Waals surface area contributed by atoms with Crippen LogP contribution >= 0.6 is 0 Å². The monoisotopic (exact) mass is 366 g/mol. The first-order valence-corrected chi connectivity index (χ1v) is 8.32. The van der Waals surface area contributed by atoms with Crippen molar-refractivity contribution in [2.45, 2.75) is 44.3 Å². The topological polar surface area (TPSA) is 42.0 Å². The Morgan fingerprint density at radius 3 is 2.38 bits per heavy atom. The SMILES string of the molecule is Cc1cc(F)cc(-c2cncc(C(=O)NC3(C(F)(F)F)CCCC3)c2)c1. The summed E-state index contributed by atoms with van der Waals surface area (Å²) >= 11 is 0. The number of aryl methyl sites for hydroxylation is 1. The number of hydrogen-bond donors (Lipinski definition) is 1. The van der Waals surface area contributed by atoms with Crippen LogP contribution in [0.2, 0.25) is 0 Å². The zero-order valence-corrected chi connectivity index (χ0v) is 14.2. The maximum absolute atomic E-state index is 13.6. The number of rotatable bonds is 3. The van der Waals surface area contributed by atoms with Gasteiger partial charge < -0.3 is 5.32 Å². The summed E-state index contributed by atoms with van der Waals surface area (Å²) in [6.45, 7) is 1.73. The summed E-state index contributed by atoms with van der Waals surface area (Å²) in [4.78, 5) is 16.4. The molecule has 1 aromatic heterocycles. The van der Waals surface area contributed by atoms with Crippen LogP contribution in [0.25, 0.3) is 11.1 Å². The molecular weight excluding hydrogens is 348 g/mol. The van der Waals surface area contributed by atoms with Gasteiger partial charge in [-0.2, -0.15) is 13.2 Å². The first-order chi connectivity index (χ1) is 12.2. The average Bonchev–Trinajstić information content (AvgIpc) is 3.04. The third kappa shape index (κ3) is 3.57. The van der Waals surface area contributed by atoms with Crippen LogP contribution in [0.15, 0.2) is 36.7 Å². The number of benzene rings is 1. The van der Waals surface area contributed by atoms with Gasteiger partial charge >= 0.3 is 6.18 Å². The van der Waals surface area contributed by atoms with Gasteiger partial charge in [-0.05, 0) is 49.1 Å². The molecule has 0 radical (unpaired) electrons. The van der Waals surface area contributed by atoms with Crippen LogP contribution in [0, 0.1) is 12.7 Å². The molecule has 2 aromatic rings. The van der Waals surface area contributed by atoms with E-state index in [1.807, 2.05) is 0 Å².